The van der Waals surface area contributed by atoms with E-state index >= 15 is 0 Å². The van der Waals surface area contributed by atoms with Gasteiger partial charge in [0.15, 0.2) is 0 Å². The van der Waals surface area contributed by atoms with Crippen molar-refractivity contribution >= 4 is 23.5 Å². The van der Waals surface area contributed by atoms with Crippen LogP contribution in [-0.2, 0) is 7.05 Å². The lowest BCUT2D eigenvalue weighted by molar-refractivity contribution is 0.102. The van der Waals surface area contributed by atoms with E-state index in [1.165, 1.54) is 0 Å². The topological polar surface area (TPSA) is 46.9 Å². The molecule has 0 bridgehead atoms. The molecule has 3 rings (SSSR count). The van der Waals surface area contributed by atoms with Gasteiger partial charge in [0.05, 0.1) is 5.69 Å². The van der Waals surface area contributed by atoms with Gasteiger partial charge in [-0.05, 0) is 36.8 Å². The lowest BCUT2D eigenvalue weighted by Crippen LogP contribution is -2.14. The molecule has 1 N–H and O–H groups in total. The number of anilines is 1. The summed E-state index contributed by atoms with van der Waals surface area (Å²) in [6, 6.07) is 14.8. The van der Waals surface area contributed by atoms with Gasteiger partial charge in [0.25, 0.3) is 5.91 Å². The molecular weight excluding hydrogens is 310 g/mol. The number of benzene rings is 2. The summed E-state index contributed by atoms with van der Waals surface area (Å²) in [6.07, 6.45) is 1.90. The minimum absolute atomic E-state index is 0.216. The maximum Gasteiger partial charge on any atom is 0.257 e. The number of rotatable bonds is 3. The van der Waals surface area contributed by atoms with Gasteiger partial charge in [0.2, 0.25) is 5.95 Å². The number of halogens is 1. The Balaban J connectivity index is 1.86. The molecule has 3 aromatic rings. The van der Waals surface area contributed by atoms with Crippen molar-refractivity contribution in [1.29, 1.82) is 0 Å². The fraction of sp³-hybridized carbons (Fsp3) is 0.111. The van der Waals surface area contributed by atoms with Crippen LogP contribution in [0.25, 0.3) is 11.3 Å². The molecule has 1 heterocycles. The Morgan fingerprint density at radius 1 is 1.13 bits per heavy atom. The van der Waals surface area contributed by atoms with Crippen LogP contribution in [0, 0.1) is 6.92 Å². The number of hydrogen-bond donors (Lipinski definition) is 1. The van der Waals surface area contributed by atoms with Crippen LogP contribution in [0.4, 0.5) is 5.95 Å². The molecule has 4 nitrogen and oxygen atoms in total. The third-order valence-corrected chi connectivity index (χ3v) is 3.88. The molecule has 0 aliphatic carbocycles. The molecule has 5 heteroatoms. The molecule has 0 unspecified atom stereocenters. The zero-order valence-electron chi connectivity index (χ0n) is 12.9. The molecule has 0 fully saturated rings. The summed E-state index contributed by atoms with van der Waals surface area (Å²) in [5.41, 5.74) is 3.56. The van der Waals surface area contributed by atoms with Crippen molar-refractivity contribution < 1.29 is 4.79 Å². The van der Waals surface area contributed by atoms with E-state index < -0.39 is 0 Å². The van der Waals surface area contributed by atoms with Crippen LogP contribution in [-0.4, -0.2) is 15.5 Å². The van der Waals surface area contributed by atoms with Crippen LogP contribution in [0.5, 0.6) is 0 Å². The van der Waals surface area contributed by atoms with Crippen molar-refractivity contribution in [2.75, 3.05) is 5.32 Å². The molecule has 1 amide bonds. The van der Waals surface area contributed by atoms with Crippen LogP contribution in [0.3, 0.4) is 0 Å². The molecule has 0 atom stereocenters. The second-order valence-corrected chi connectivity index (χ2v) is 5.77. The first kappa shape index (κ1) is 15.3. The van der Waals surface area contributed by atoms with Crippen molar-refractivity contribution in [3.8, 4) is 11.3 Å². The smallest absolute Gasteiger partial charge is 0.257 e. The van der Waals surface area contributed by atoms with Crippen LogP contribution >= 0.6 is 11.6 Å². The predicted molar refractivity (Wildman–Crippen MR) is 92.8 cm³/mol. The second kappa shape index (κ2) is 6.26. The van der Waals surface area contributed by atoms with Gasteiger partial charge >= 0.3 is 0 Å². The molecule has 0 aliphatic heterocycles. The summed E-state index contributed by atoms with van der Waals surface area (Å²) in [6.45, 7) is 2.04. The van der Waals surface area contributed by atoms with Gasteiger partial charge in [0.1, 0.15) is 0 Å². The van der Waals surface area contributed by atoms with Crippen LogP contribution in [0.1, 0.15) is 15.9 Å². The lowest BCUT2D eigenvalue weighted by atomic mass is 10.1. The monoisotopic (exact) mass is 325 g/mol. The Labute approximate surface area is 139 Å². The van der Waals surface area contributed by atoms with Crippen molar-refractivity contribution in [2.24, 2.45) is 7.05 Å². The normalized spacial score (nSPS) is 10.6. The maximum atomic E-state index is 12.3. The standard InChI is InChI=1S/C18H16ClN3O/c1-12-5-3-4-6-15(12)16-11-22(2)18(20-16)21-17(23)13-7-9-14(19)10-8-13/h3-11H,1-2H3,(H,20,21,23). The Bertz CT molecular complexity index is 853. The average molecular weight is 326 g/mol. The maximum absolute atomic E-state index is 12.3. The number of aromatic nitrogens is 2. The van der Waals surface area contributed by atoms with Gasteiger partial charge in [-0.25, -0.2) is 4.98 Å². The summed E-state index contributed by atoms with van der Waals surface area (Å²) in [4.78, 5) is 16.8. The predicted octanol–water partition coefficient (Wildman–Crippen LogP) is 4.30. The highest BCUT2D eigenvalue weighted by atomic mass is 35.5. The van der Waals surface area contributed by atoms with Crippen molar-refractivity contribution in [3.05, 3.63) is 70.9 Å². The highest BCUT2D eigenvalue weighted by Gasteiger charge is 2.12. The molecule has 1 aromatic heterocycles. The molecule has 0 saturated heterocycles. The number of aryl methyl sites for hydroxylation is 2. The summed E-state index contributed by atoms with van der Waals surface area (Å²) in [7, 11) is 1.85. The quantitative estimate of drug-likeness (QED) is 0.780. The van der Waals surface area contributed by atoms with Crippen molar-refractivity contribution in [3.63, 3.8) is 0 Å². The Kier molecular flexibility index (Phi) is 4.17. The summed E-state index contributed by atoms with van der Waals surface area (Å²) in [5, 5.41) is 3.42. The Morgan fingerprint density at radius 2 is 1.83 bits per heavy atom. The molecule has 0 saturated carbocycles. The number of nitrogens with one attached hydrogen (secondary N) is 1. The molecule has 2 aromatic carbocycles. The summed E-state index contributed by atoms with van der Waals surface area (Å²) in [5.74, 6) is 0.287. The Hall–Kier alpha value is -2.59. The molecule has 23 heavy (non-hydrogen) atoms. The van der Waals surface area contributed by atoms with E-state index in [4.69, 9.17) is 11.6 Å². The summed E-state index contributed by atoms with van der Waals surface area (Å²) < 4.78 is 1.80. The number of nitrogens with zero attached hydrogens (tertiary/aromatic N) is 2. The lowest BCUT2D eigenvalue weighted by Gasteiger charge is -2.04. The van der Waals surface area contributed by atoms with Gasteiger partial charge < -0.3 is 4.57 Å². The van der Waals surface area contributed by atoms with Crippen molar-refractivity contribution in [1.82, 2.24) is 9.55 Å². The summed E-state index contributed by atoms with van der Waals surface area (Å²) >= 11 is 5.84. The fourth-order valence-corrected chi connectivity index (χ4v) is 2.47. The number of carbonyl (C=O) groups excluding carboxylic acids is 1. The van der Waals surface area contributed by atoms with Crippen LogP contribution in [0.2, 0.25) is 5.02 Å². The first-order valence-electron chi connectivity index (χ1n) is 7.21. The van der Waals surface area contributed by atoms with E-state index in [2.05, 4.69) is 10.3 Å². The zero-order chi connectivity index (χ0) is 16.4. The third-order valence-electron chi connectivity index (χ3n) is 3.63. The van der Waals surface area contributed by atoms with Crippen LogP contribution in [0.15, 0.2) is 54.7 Å². The highest BCUT2D eigenvalue weighted by Crippen LogP contribution is 2.23. The number of hydrogen-bond acceptors (Lipinski definition) is 2. The third kappa shape index (κ3) is 3.27. The SMILES string of the molecule is Cc1ccccc1-c1cn(C)c(NC(=O)c2ccc(Cl)cc2)n1. The van der Waals surface area contributed by atoms with E-state index in [1.807, 2.05) is 44.4 Å². The van der Waals surface area contributed by atoms with E-state index in [0.717, 1.165) is 16.8 Å². The van der Waals surface area contributed by atoms with E-state index in [-0.39, 0.29) is 5.91 Å². The van der Waals surface area contributed by atoms with Gasteiger partial charge in [0, 0.05) is 29.4 Å². The Morgan fingerprint density at radius 3 is 2.52 bits per heavy atom. The molecule has 0 spiro atoms. The molecule has 0 aliphatic rings. The van der Waals surface area contributed by atoms with Gasteiger partial charge in [-0.1, -0.05) is 35.9 Å². The van der Waals surface area contributed by atoms with Gasteiger partial charge in [-0.3, -0.25) is 10.1 Å². The van der Waals surface area contributed by atoms with Crippen molar-refractivity contribution in [2.45, 2.75) is 6.92 Å². The van der Waals surface area contributed by atoms with Crippen LogP contribution < -0.4 is 5.32 Å². The largest absolute Gasteiger partial charge is 0.320 e. The zero-order valence-corrected chi connectivity index (χ0v) is 13.6. The number of imidazole rings is 1. The average Bonchev–Trinajstić information content (AvgIpc) is 2.89. The molecule has 0 radical (unpaired) electrons. The van der Waals surface area contributed by atoms with E-state index in [1.54, 1.807) is 28.8 Å². The minimum Gasteiger partial charge on any atom is -0.320 e. The molecular formula is C18H16ClN3O. The first-order chi connectivity index (χ1) is 11.0. The van der Waals surface area contributed by atoms with Gasteiger partial charge in [-0.15, -0.1) is 0 Å². The minimum atomic E-state index is -0.216. The van der Waals surface area contributed by atoms with E-state index in [9.17, 15) is 4.79 Å². The van der Waals surface area contributed by atoms with Gasteiger partial charge in [-0.2, -0.15) is 0 Å². The second-order valence-electron chi connectivity index (χ2n) is 5.34. The van der Waals surface area contributed by atoms with E-state index in [0.29, 0.717) is 16.5 Å². The number of amides is 1. The fourth-order valence-electron chi connectivity index (χ4n) is 2.35. The first-order valence-corrected chi connectivity index (χ1v) is 7.58. The number of carbonyl (C=O) groups is 1. The molecule has 116 valence electrons. The highest BCUT2D eigenvalue weighted by molar-refractivity contribution is 6.30.